The average molecular weight is 260 g/mol. The van der Waals surface area contributed by atoms with Crippen molar-refractivity contribution in [1.82, 2.24) is 0 Å². The Morgan fingerprint density at radius 2 is 1.83 bits per heavy atom. The minimum absolute atomic E-state index is 0.0294. The van der Waals surface area contributed by atoms with Crippen molar-refractivity contribution in [3.63, 3.8) is 0 Å². The maximum absolute atomic E-state index is 13.7. The number of anilines is 2. The molecule has 0 aliphatic carbocycles. The molecule has 0 unspecified atom stereocenters. The van der Waals surface area contributed by atoms with Gasteiger partial charge in [0.1, 0.15) is 17.1 Å². The molecule has 102 valence electrons. The summed E-state index contributed by atoms with van der Waals surface area (Å²) in [6, 6.07) is 2.35. The minimum Gasteiger partial charge on any atom is -0.495 e. The first-order valence-electron chi connectivity index (χ1n) is 5.25. The highest BCUT2D eigenvalue weighted by atomic mass is 19.1. The summed E-state index contributed by atoms with van der Waals surface area (Å²) >= 11 is 0. The molecule has 0 aromatic heterocycles. The van der Waals surface area contributed by atoms with Gasteiger partial charge in [-0.15, -0.1) is 0 Å². The number of ether oxygens (including phenoxy) is 1. The normalized spacial score (nSPS) is 11.4. The molecule has 0 amide bonds. The van der Waals surface area contributed by atoms with Crippen molar-refractivity contribution >= 4 is 11.4 Å². The molecule has 0 aliphatic rings. The van der Waals surface area contributed by atoms with Gasteiger partial charge in [-0.2, -0.15) is 0 Å². The zero-order chi connectivity index (χ0) is 13.8. The van der Waals surface area contributed by atoms with Crippen LogP contribution in [0, 0.1) is 5.82 Å². The second kappa shape index (κ2) is 5.85. The van der Waals surface area contributed by atoms with Gasteiger partial charge in [0.05, 0.1) is 38.3 Å². The molecule has 1 rings (SSSR count). The Bertz CT molecular complexity index is 402. The average Bonchev–Trinajstić information content (AvgIpc) is 2.38. The summed E-state index contributed by atoms with van der Waals surface area (Å²) in [6.45, 7) is -1.69. The summed E-state index contributed by atoms with van der Waals surface area (Å²) in [5.74, 6) is -0.422. The van der Waals surface area contributed by atoms with Crippen molar-refractivity contribution in [1.29, 1.82) is 0 Å². The molecular weight excluding hydrogens is 243 g/mol. The van der Waals surface area contributed by atoms with E-state index in [2.05, 4.69) is 5.32 Å². The summed E-state index contributed by atoms with van der Waals surface area (Å²) in [7, 11) is 1.38. The maximum Gasteiger partial charge on any atom is 0.148 e. The van der Waals surface area contributed by atoms with Crippen molar-refractivity contribution in [3.8, 4) is 5.75 Å². The molecule has 6 nitrogen and oxygen atoms in total. The first kappa shape index (κ1) is 14.5. The summed E-state index contributed by atoms with van der Waals surface area (Å²) < 4.78 is 18.6. The molecule has 0 aliphatic heterocycles. The van der Waals surface area contributed by atoms with Crippen LogP contribution >= 0.6 is 0 Å². The predicted octanol–water partition coefficient (Wildman–Crippen LogP) is -0.456. The highest BCUT2D eigenvalue weighted by Gasteiger charge is 2.29. The van der Waals surface area contributed by atoms with Gasteiger partial charge in [0.2, 0.25) is 0 Å². The van der Waals surface area contributed by atoms with Gasteiger partial charge in [-0.25, -0.2) is 4.39 Å². The van der Waals surface area contributed by atoms with Crippen molar-refractivity contribution in [2.24, 2.45) is 0 Å². The van der Waals surface area contributed by atoms with E-state index in [9.17, 15) is 4.39 Å². The molecule has 0 saturated carbocycles. The lowest BCUT2D eigenvalue weighted by atomic mass is 10.0. The number of aliphatic hydroxyl groups is 3. The number of nitrogen functional groups attached to an aromatic ring is 1. The first-order chi connectivity index (χ1) is 8.51. The Morgan fingerprint density at radius 3 is 2.28 bits per heavy atom. The number of halogens is 1. The fourth-order valence-electron chi connectivity index (χ4n) is 1.40. The topological polar surface area (TPSA) is 108 Å². The third-order valence-electron chi connectivity index (χ3n) is 2.63. The molecular formula is C11H17FN2O4. The first-order valence-corrected chi connectivity index (χ1v) is 5.25. The van der Waals surface area contributed by atoms with E-state index in [0.29, 0.717) is 0 Å². The highest BCUT2D eigenvalue weighted by Crippen LogP contribution is 2.29. The van der Waals surface area contributed by atoms with Crippen LogP contribution in [0.15, 0.2) is 12.1 Å². The van der Waals surface area contributed by atoms with Gasteiger partial charge < -0.3 is 31.1 Å². The Hall–Kier alpha value is -1.57. The Morgan fingerprint density at radius 1 is 1.28 bits per heavy atom. The van der Waals surface area contributed by atoms with E-state index in [4.69, 9.17) is 25.8 Å². The minimum atomic E-state index is -1.41. The van der Waals surface area contributed by atoms with Crippen LogP contribution < -0.4 is 15.8 Å². The second-order valence-electron chi connectivity index (χ2n) is 3.95. The molecule has 0 fully saturated rings. The van der Waals surface area contributed by atoms with Crippen molar-refractivity contribution < 1.29 is 24.4 Å². The molecule has 1 aromatic rings. The number of nitrogens with one attached hydrogen (secondary N) is 1. The van der Waals surface area contributed by atoms with Gasteiger partial charge in [-0.05, 0) is 0 Å². The molecule has 0 saturated heterocycles. The van der Waals surface area contributed by atoms with Gasteiger partial charge in [0.25, 0.3) is 0 Å². The Labute approximate surface area is 104 Å². The van der Waals surface area contributed by atoms with Gasteiger partial charge in [-0.1, -0.05) is 0 Å². The fraction of sp³-hybridized carbons (Fsp3) is 0.455. The molecule has 0 heterocycles. The summed E-state index contributed by atoms with van der Waals surface area (Å²) in [5, 5.41) is 30.0. The largest absolute Gasteiger partial charge is 0.495 e. The summed E-state index contributed by atoms with van der Waals surface area (Å²) in [4.78, 5) is 0. The number of methoxy groups -OCH3 is 1. The molecule has 1 aromatic carbocycles. The van der Waals surface area contributed by atoms with E-state index >= 15 is 0 Å². The second-order valence-corrected chi connectivity index (χ2v) is 3.95. The predicted molar refractivity (Wildman–Crippen MR) is 65.0 cm³/mol. The lowest BCUT2D eigenvalue weighted by Gasteiger charge is -2.30. The van der Waals surface area contributed by atoms with Crippen LogP contribution in [0.2, 0.25) is 0 Å². The van der Waals surface area contributed by atoms with Crippen molar-refractivity contribution in [2.75, 3.05) is 38.0 Å². The number of rotatable bonds is 6. The maximum atomic E-state index is 13.7. The smallest absolute Gasteiger partial charge is 0.148 e. The molecule has 0 atom stereocenters. The van der Waals surface area contributed by atoms with E-state index in [1.807, 2.05) is 0 Å². The van der Waals surface area contributed by atoms with Gasteiger partial charge in [0, 0.05) is 12.1 Å². The fourth-order valence-corrected chi connectivity index (χ4v) is 1.40. The number of nitrogens with two attached hydrogens (primary N) is 1. The third-order valence-corrected chi connectivity index (χ3v) is 2.63. The van der Waals surface area contributed by atoms with Crippen LogP contribution in [0.25, 0.3) is 0 Å². The Balaban J connectivity index is 3.10. The zero-order valence-electron chi connectivity index (χ0n) is 9.98. The summed E-state index contributed by atoms with van der Waals surface area (Å²) in [5.41, 5.74) is 4.20. The van der Waals surface area contributed by atoms with Gasteiger partial charge >= 0.3 is 0 Å². The monoisotopic (exact) mass is 260 g/mol. The van der Waals surface area contributed by atoms with Crippen LogP contribution in [-0.2, 0) is 0 Å². The van der Waals surface area contributed by atoms with Crippen molar-refractivity contribution in [2.45, 2.75) is 5.54 Å². The number of benzene rings is 1. The lowest BCUT2D eigenvalue weighted by molar-refractivity contribution is 0.0831. The van der Waals surface area contributed by atoms with Crippen molar-refractivity contribution in [3.05, 3.63) is 17.9 Å². The van der Waals surface area contributed by atoms with E-state index in [0.717, 1.165) is 6.07 Å². The van der Waals surface area contributed by atoms with Crippen LogP contribution in [0.4, 0.5) is 15.8 Å². The number of aliphatic hydroxyl groups excluding tert-OH is 3. The lowest BCUT2D eigenvalue weighted by Crippen LogP contribution is -2.49. The van der Waals surface area contributed by atoms with Crippen LogP contribution in [0.1, 0.15) is 0 Å². The number of hydrogen-bond donors (Lipinski definition) is 5. The quantitative estimate of drug-likeness (QED) is 0.443. The molecule has 0 radical (unpaired) electrons. The molecule has 0 spiro atoms. The molecule has 18 heavy (non-hydrogen) atoms. The highest BCUT2D eigenvalue weighted by molar-refractivity contribution is 5.63. The van der Waals surface area contributed by atoms with Crippen LogP contribution in [0.5, 0.6) is 5.75 Å². The number of hydrogen-bond acceptors (Lipinski definition) is 6. The van der Waals surface area contributed by atoms with E-state index < -0.39 is 31.2 Å². The van der Waals surface area contributed by atoms with Crippen LogP contribution in [-0.4, -0.2) is 47.8 Å². The molecule has 0 bridgehead atoms. The van der Waals surface area contributed by atoms with Gasteiger partial charge in [0.15, 0.2) is 0 Å². The molecule has 7 heteroatoms. The van der Waals surface area contributed by atoms with E-state index in [1.54, 1.807) is 0 Å². The van der Waals surface area contributed by atoms with E-state index in [1.165, 1.54) is 13.2 Å². The summed E-state index contributed by atoms with van der Waals surface area (Å²) in [6.07, 6.45) is 0. The van der Waals surface area contributed by atoms with Gasteiger partial charge in [-0.3, -0.25) is 0 Å². The SMILES string of the molecule is COc1cc(NC(CO)(CO)CO)c(F)cc1N. The third kappa shape index (κ3) is 2.81. The standard InChI is InChI=1S/C11H17FN2O4/c1-18-10-3-9(7(12)2-8(10)13)14-11(4-15,5-16)6-17/h2-3,14-17H,4-6,13H2,1H3. The zero-order valence-corrected chi connectivity index (χ0v) is 9.98. The Kier molecular flexibility index (Phi) is 4.71. The van der Waals surface area contributed by atoms with Crippen LogP contribution in [0.3, 0.4) is 0 Å². The van der Waals surface area contributed by atoms with E-state index in [-0.39, 0.29) is 17.1 Å². The molecule has 6 N–H and O–H groups in total.